The van der Waals surface area contributed by atoms with Gasteiger partial charge in [-0.1, -0.05) is 129 Å². The zero-order valence-corrected chi connectivity index (χ0v) is 30.9. The number of allylic oxidation sites excluding steroid dienone is 2. The Labute approximate surface area is 297 Å². The molecule has 0 aliphatic carbocycles. The Kier molecular flexibility index (Phi) is 28.9. The molecule has 288 valence electrons. The summed E-state index contributed by atoms with van der Waals surface area (Å²) in [6.07, 6.45) is 22.2. The van der Waals surface area contributed by atoms with E-state index < -0.39 is 49.4 Å². The van der Waals surface area contributed by atoms with Crippen LogP contribution >= 0.6 is 0 Å². The van der Waals surface area contributed by atoms with E-state index in [1.54, 1.807) is 0 Å². The molecule has 49 heavy (non-hydrogen) atoms. The molecule has 2 unspecified atom stereocenters. The second-order valence-electron chi connectivity index (χ2n) is 13.7. The van der Waals surface area contributed by atoms with Gasteiger partial charge in [-0.2, -0.15) is 0 Å². The SMILES string of the molecule is CCCCCCCC/C=C/CCCCCC(=O)O[C@H](COC(=O)CCCCCCCCCCCCC)CO[C@@H]1O[C@H](CO)[C@H](O)C(O)C1O. The van der Waals surface area contributed by atoms with Gasteiger partial charge in [0.1, 0.15) is 31.0 Å². The van der Waals surface area contributed by atoms with Crippen LogP contribution in [0.15, 0.2) is 12.2 Å². The van der Waals surface area contributed by atoms with Crippen molar-refractivity contribution in [2.45, 2.75) is 205 Å². The molecule has 1 saturated heterocycles. The van der Waals surface area contributed by atoms with E-state index in [1.165, 1.54) is 89.9 Å². The molecular formula is C39H72O10. The van der Waals surface area contributed by atoms with Gasteiger partial charge in [-0.15, -0.1) is 0 Å². The van der Waals surface area contributed by atoms with Crippen LogP contribution in [0.4, 0.5) is 0 Å². The Balaban J connectivity index is 2.41. The molecule has 0 aromatic heterocycles. The average molecular weight is 701 g/mol. The fourth-order valence-electron chi connectivity index (χ4n) is 5.95. The van der Waals surface area contributed by atoms with Crippen LogP contribution in [0.3, 0.4) is 0 Å². The lowest BCUT2D eigenvalue weighted by Gasteiger charge is -2.39. The summed E-state index contributed by atoms with van der Waals surface area (Å²) < 4.78 is 22.0. The number of unbranched alkanes of at least 4 members (excludes halogenated alkanes) is 19. The van der Waals surface area contributed by atoms with Gasteiger partial charge in [0.2, 0.25) is 0 Å². The molecule has 0 saturated carbocycles. The summed E-state index contributed by atoms with van der Waals surface area (Å²) >= 11 is 0. The molecule has 1 fully saturated rings. The number of aliphatic hydroxyl groups excluding tert-OH is 4. The fraction of sp³-hybridized carbons (Fsp3) is 0.897. The molecule has 10 heteroatoms. The van der Waals surface area contributed by atoms with Crippen molar-refractivity contribution in [3.63, 3.8) is 0 Å². The van der Waals surface area contributed by atoms with Crippen molar-refractivity contribution in [2.24, 2.45) is 0 Å². The number of hydrogen-bond donors (Lipinski definition) is 4. The lowest BCUT2D eigenvalue weighted by atomic mass is 9.99. The second-order valence-corrected chi connectivity index (χ2v) is 13.7. The van der Waals surface area contributed by atoms with Gasteiger partial charge < -0.3 is 39.4 Å². The standard InChI is InChI=1S/C39H72O10/c1-3-5-7-9-11-13-15-16-18-20-22-24-26-28-35(42)48-32(31-47-39-38(45)37(44)36(43)33(29-40)49-39)30-46-34(41)27-25-23-21-19-17-14-12-10-8-6-4-2/h16,18,32-33,36-40,43-45H,3-15,17,19-31H2,1-2H3/b18-16+/t32-,33-,36+,37?,38?,39-/m1/s1. The normalized spacial score (nSPS) is 21.6. The van der Waals surface area contributed by atoms with Crippen LogP contribution in [-0.2, 0) is 28.5 Å². The van der Waals surface area contributed by atoms with Crippen LogP contribution in [0.25, 0.3) is 0 Å². The van der Waals surface area contributed by atoms with Crippen LogP contribution in [0.2, 0.25) is 0 Å². The van der Waals surface area contributed by atoms with Crippen molar-refractivity contribution in [1.29, 1.82) is 0 Å². The molecule has 0 radical (unpaired) electrons. The Morgan fingerprint density at radius 3 is 1.61 bits per heavy atom. The maximum Gasteiger partial charge on any atom is 0.306 e. The minimum atomic E-state index is -1.59. The first-order valence-electron chi connectivity index (χ1n) is 19.8. The Morgan fingerprint density at radius 2 is 1.08 bits per heavy atom. The smallest absolute Gasteiger partial charge is 0.306 e. The second kappa shape index (κ2) is 31.2. The zero-order chi connectivity index (χ0) is 36.0. The number of carbonyl (C=O) groups excluding carboxylic acids is 2. The maximum absolute atomic E-state index is 12.7. The van der Waals surface area contributed by atoms with Crippen molar-refractivity contribution < 1.29 is 49.0 Å². The van der Waals surface area contributed by atoms with E-state index in [0.717, 1.165) is 44.9 Å². The molecule has 0 bridgehead atoms. The van der Waals surface area contributed by atoms with Gasteiger partial charge in [-0.05, 0) is 38.5 Å². The molecule has 0 amide bonds. The topological polar surface area (TPSA) is 152 Å². The molecule has 0 spiro atoms. The molecule has 1 heterocycles. The van der Waals surface area contributed by atoms with E-state index in [1.807, 2.05) is 0 Å². The van der Waals surface area contributed by atoms with Crippen molar-refractivity contribution >= 4 is 11.9 Å². The van der Waals surface area contributed by atoms with Crippen molar-refractivity contribution in [3.05, 3.63) is 12.2 Å². The van der Waals surface area contributed by atoms with Crippen molar-refractivity contribution in [1.82, 2.24) is 0 Å². The number of aliphatic hydroxyl groups is 4. The molecule has 1 rings (SSSR count). The van der Waals surface area contributed by atoms with Gasteiger partial charge >= 0.3 is 11.9 Å². The lowest BCUT2D eigenvalue weighted by molar-refractivity contribution is -0.305. The Hall–Kier alpha value is -1.56. The molecule has 1 aliphatic heterocycles. The summed E-state index contributed by atoms with van der Waals surface area (Å²) in [5.74, 6) is -0.822. The third-order valence-corrected chi connectivity index (χ3v) is 9.15. The third-order valence-electron chi connectivity index (χ3n) is 9.15. The monoisotopic (exact) mass is 701 g/mol. The van der Waals surface area contributed by atoms with Gasteiger partial charge in [0.05, 0.1) is 13.2 Å². The highest BCUT2D eigenvalue weighted by Gasteiger charge is 2.44. The van der Waals surface area contributed by atoms with Gasteiger partial charge in [-0.3, -0.25) is 9.59 Å². The van der Waals surface area contributed by atoms with Crippen LogP contribution in [0.1, 0.15) is 168 Å². The molecular weight excluding hydrogens is 628 g/mol. The van der Waals surface area contributed by atoms with Crippen LogP contribution in [0, 0.1) is 0 Å². The first-order valence-corrected chi connectivity index (χ1v) is 19.8. The summed E-state index contributed by atoms with van der Waals surface area (Å²) in [4.78, 5) is 25.1. The molecule has 4 N–H and O–H groups in total. The third kappa shape index (κ3) is 23.5. The predicted molar refractivity (Wildman–Crippen MR) is 192 cm³/mol. The summed E-state index contributed by atoms with van der Waals surface area (Å²) in [5.41, 5.74) is 0. The van der Waals surface area contributed by atoms with E-state index in [9.17, 15) is 30.0 Å². The van der Waals surface area contributed by atoms with Gasteiger partial charge in [0, 0.05) is 12.8 Å². The number of carbonyl (C=O) groups is 2. The van der Waals surface area contributed by atoms with E-state index in [2.05, 4.69) is 26.0 Å². The minimum Gasteiger partial charge on any atom is -0.462 e. The van der Waals surface area contributed by atoms with Gasteiger partial charge in [-0.25, -0.2) is 0 Å². The minimum absolute atomic E-state index is 0.213. The highest BCUT2D eigenvalue weighted by Crippen LogP contribution is 2.22. The highest BCUT2D eigenvalue weighted by molar-refractivity contribution is 5.70. The van der Waals surface area contributed by atoms with Crippen LogP contribution < -0.4 is 0 Å². The summed E-state index contributed by atoms with van der Waals surface area (Å²) in [7, 11) is 0. The molecule has 10 nitrogen and oxygen atoms in total. The Bertz CT molecular complexity index is 820. The number of hydrogen-bond acceptors (Lipinski definition) is 10. The number of ether oxygens (including phenoxy) is 4. The van der Waals surface area contributed by atoms with Crippen LogP contribution in [0.5, 0.6) is 0 Å². The highest BCUT2D eigenvalue weighted by atomic mass is 16.7. The van der Waals surface area contributed by atoms with Gasteiger partial charge in [0.15, 0.2) is 12.4 Å². The number of esters is 2. The fourth-order valence-corrected chi connectivity index (χ4v) is 5.95. The van der Waals surface area contributed by atoms with Crippen molar-refractivity contribution in [2.75, 3.05) is 19.8 Å². The van der Waals surface area contributed by atoms with Crippen LogP contribution in [-0.4, -0.2) is 89.0 Å². The molecule has 1 aliphatic rings. The van der Waals surface area contributed by atoms with E-state index >= 15 is 0 Å². The lowest BCUT2D eigenvalue weighted by Crippen LogP contribution is -2.59. The average Bonchev–Trinajstić information content (AvgIpc) is 3.10. The molecule has 0 aromatic carbocycles. The number of rotatable bonds is 32. The quantitative estimate of drug-likeness (QED) is 0.0322. The van der Waals surface area contributed by atoms with Crippen molar-refractivity contribution in [3.8, 4) is 0 Å². The summed E-state index contributed by atoms with van der Waals surface area (Å²) in [6.45, 7) is 3.38. The Morgan fingerprint density at radius 1 is 0.612 bits per heavy atom. The predicted octanol–water partition coefficient (Wildman–Crippen LogP) is 7.22. The largest absolute Gasteiger partial charge is 0.462 e. The molecule has 6 atom stereocenters. The summed E-state index contributed by atoms with van der Waals surface area (Å²) in [5, 5.41) is 39.9. The molecule has 0 aromatic rings. The zero-order valence-electron chi connectivity index (χ0n) is 30.9. The van der Waals surface area contributed by atoms with E-state index in [0.29, 0.717) is 6.42 Å². The summed E-state index contributed by atoms with van der Waals surface area (Å²) in [6, 6.07) is 0. The first kappa shape index (κ1) is 45.5. The van der Waals surface area contributed by atoms with E-state index in [-0.39, 0.29) is 32.0 Å². The van der Waals surface area contributed by atoms with Gasteiger partial charge in [0.25, 0.3) is 0 Å². The van der Waals surface area contributed by atoms with E-state index in [4.69, 9.17) is 18.9 Å². The first-order chi connectivity index (χ1) is 23.8. The maximum atomic E-state index is 12.7.